The predicted octanol–water partition coefficient (Wildman–Crippen LogP) is 2.57. The van der Waals surface area contributed by atoms with E-state index in [2.05, 4.69) is 19.9 Å². The summed E-state index contributed by atoms with van der Waals surface area (Å²) >= 11 is 0. The summed E-state index contributed by atoms with van der Waals surface area (Å²) in [4.78, 5) is 10.6. The van der Waals surface area contributed by atoms with E-state index in [-0.39, 0.29) is 12.2 Å². The molecular formula is C12H14O3. The maximum absolute atomic E-state index is 5.83. The number of benzene rings is 1. The Morgan fingerprint density at radius 2 is 2.13 bits per heavy atom. The molecular weight excluding hydrogens is 192 g/mol. The van der Waals surface area contributed by atoms with E-state index in [0.29, 0.717) is 0 Å². The van der Waals surface area contributed by atoms with E-state index in [1.807, 2.05) is 18.2 Å². The van der Waals surface area contributed by atoms with E-state index in [1.54, 1.807) is 0 Å². The van der Waals surface area contributed by atoms with Gasteiger partial charge >= 0.3 is 0 Å². The summed E-state index contributed by atoms with van der Waals surface area (Å²) in [5.74, 6) is -0.310. The smallest absolute Gasteiger partial charge is 0.220 e. The highest BCUT2D eigenvalue weighted by molar-refractivity contribution is 5.31. The molecule has 0 aliphatic carbocycles. The number of ether oxygens (including phenoxy) is 1. The molecule has 2 heterocycles. The van der Waals surface area contributed by atoms with Crippen LogP contribution in [-0.4, -0.2) is 5.79 Å². The largest absolute Gasteiger partial charge is 0.310 e. The van der Waals surface area contributed by atoms with Crippen molar-refractivity contribution in [3.8, 4) is 0 Å². The van der Waals surface area contributed by atoms with Crippen LogP contribution in [0, 0.1) is 5.92 Å². The number of hydrogen-bond donors (Lipinski definition) is 0. The normalized spacial score (nSPS) is 33.1. The van der Waals surface area contributed by atoms with Gasteiger partial charge < -0.3 is 4.74 Å². The lowest BCUT2D eigenvalue weighted by molar-refractivity contribution is -0.339. The molecule has 1 aromatic rings. The maximum Gasteiger partial charge on any atom is 0.220 e. The van der Waals surface area contributed by atoms with Crippen molar-refractivity contribution in [2.75, 3.05) is 0 Å². The molecule has 1 fully saturated rings. The van der Waals surface area contributed by atoms with Crippen LogP contribution in [0.4, 0.5) is 0 Å². The zero-order valence-electron chi connectivity index (χ0n) is 8.90. The second-order valence-corrected chi connectivity index (χ2v) is 4.47. The summed E-state index contributed by atoms with van der Waals surface area (Å²) in [6, 6.07) is 8.17. The Morgan fingerprint density at radius 3 is 2.93 bits per heavy atom. The molecule has 0 amide bonds. The first kappa shape index (κ1) is 9.33. The van der Waals surface area contributed by atoms with E-state index in [1.165, 1.54) is 5.56 Å². The molecule has 3 rings (SSSR count). The number of fused-ring (bicyclic) bond motifs is 4. The van der Waals surface area contributed by atoms with Crippen molar-refractivity contribution in [1.29, 1.82) is 0 Å². The molecule has 15 heavy (non-hydrogen) atoms. The summed E-state index contributed by atoms with van der Waals surface area (Å²) in [5, 5.41) is 0. The summed E-state index contributed by atoms with van der Waals surface area (Å²) in [6.45, 7) is 4.17. The highest BCUT2D eigenvalue weighted by Crippen LogP contribution is 2.46. The van der Waals surface area contributed by atoms with Crippen LogP contribution in [0.5, 0.6) is 0 Å². The third-order valence-electron chi connectivity index (χ3n) is 3.21. The van der Waals surface area contributed by atoms with Gasteiger partial charge in [0.05, 0.1) is 0 Å². The van der Waals surface area contributed by atoms with Gasteiger partial charge in [-0.1, -0.05) is 38.1 Å². The molecule has 2 atom stereocenters. The quantitative estimate of drug-likeness (QED) is 0.661. The SMILES string of the molecule is CC(C)[C@]12Cc3ccccc3[C@H](OO1)O2. The second kappa shape index (κ2) is 3.04. The molecule has 0 unspecified atom stereocenters. The van der Waals surface area contributed by atoms with Crippen molar-refractivity contribution in [2.45, 2.75) is 32.3 Å². The van der Waals surface area contributed by atoms with Crippen LogP contribution in [0.1, 0.15) is 31.3 Å². The van der Waals surface area contributed by atoms with Gasteiger partial charge in [0.2, 0.25) is 12.1 Å². The summed E-state index contributed by atoms with van der Waals surface area (Å²) in [7, 11) is 0. The average molecular weight is 206 g/mol. The van der Waals surface area contributed by atoms with Gasteiger partial charge in [0.15, 0.2) is 0 Å². The first-order valence-corrected chi connectivity index (χ1v) is 5.31. The summed E-state index contributed by atoms with van der Waals surface area (Å²) in [6.07, 6.45) is 0.412. The molecule has 0 aromatic heterocycles. The zero-order chi connectivity index (χ0) is 10.5. The fourth-order valence-electron chi connectivity index (χ4n) is 2.16. The van der Waals surface area contributed by atoms with Crippen molar-refractivity contribution in [1.82, 2.24) is 0 Å². The molecule has 80 valence electrons. The minimum Gasteiger partial charge on any atom is -0.310 e. The van der Waals surface area contributed by atoms with Crippen LogP contribution in [-0.2, 0) is 20.9 Å². The summed E-state index contributed by atoms with van der Waals surface area (Å²) < 4.78 is 5.83. The van der Waals surface area contributed by atoms with Crippen molar-refractivity contribution < 1.29 is 14.5 Å². The second-order valence-electron chi connectivity index (χ2n) is 4.47. The molecule has 2 aliphatic rings. The Balaban J connectivity index is 2.06. The predicted molar refractivity (Wildman–Crippen MR) is 53.7 cm³/mol. The van der Waals surface area contributed by atoms with Gasteiger partial charge in [-0.25, -0.2) is 0 Å². The molecule has 3 heteroatoms. The highest BCUT2D eigenvalue weighted by atomic mass is 17.3. The highest BCUT2D eigenvalue weighted by Gasteiger charge is 2.51. The lowest BCUT2D eigenvalue weighted by Gasteiger charge is -2.32. The van der Waals surface area contributed by atoms with Crippen LogP contribution in [0.25, 0.3) is 0 Å². The van der Waals surface area contributed by atoms with Crippen molar-refractivity contribution in [2.24, 2.45) is 5.92 Å². The fraction of sp³-hybridized carbons (Fsp3) is 0.500. The molecule has 0 radical (unpaired) electrons. The molecule has 2 aliphatic heterocycles. The monoisotopic (exact) mass is 206 g/mol. The van der Waals surface area contributed by atoms with Gasteiger partial charge in [0, 0.05) is 17.9 Å². The van der Waals surface area contributed by atoms with Gasteiger partial charge in [-0.2, -0.15) is 9.78 Å². The Kier molecular flexibility index (Phi) is 1.89. The van der Waals surface area contributed by atoms with Gasteiger partial charge in [-0.3, -0.25) is 0 Å². The van der Waals surface area contributed by atoms with Crippen molar-refractivity contribution in [3.63, 3.8) is 0 Å². The average Bonchev–Trinajstić information content (AvgIpc) is 2.59. The van der Waals surface area contributed by atoms with Gasteiger partial charge in [0.1, 0.15) is 0 Å². The van der Waals surface area contributed by atoms with Crippen molar-refractivity contribution in [3.05, 3.63) is 35.4 Å². The number of hydrogen-bond acceptors (Lipinski definition) is 3. The van der Waals surface area contributed by atoms with Crippen molar-refractivity contribution >= 4 is 0 Å². The molecule has 1 aromatic carbocycles. The van der Waals surface area contributed by atoms with Crippen LogP contribution < -0.4 is 0 Å². The molecule has 1 saturated heterocycles. The lowest BCUT2D eigenvalue weighted by Crippen LogP contribution is -2.41. The molecule has 3 nitrogen and oxygen atoms in total. The standard InChI is InChI=1S/C12H14O3/c1-8(2)12-7-9-5-3-4-6-10(9)11(13-12)14-15-12/h3-6,8,11H,7H2,1-2H3/t11-,12-/m0/s1. The van der Waals surface area contributed by atoms with Crippen LogP contribution in [0.15, 0.2) is 24.3 Å². The lowest BCUT2D eigenvalue weighted by atomic mass is 9.90. The van der Waals surface area contributed by atoms with E-state index < -0.39 is 5.79 Å². The maximum atomic E-state index is 5.83. The first-order valence-electron chi connectivity index (χ1n) is 5.31. The van der Waals surface area contributed by atoms with Gasteiger partial charge in [-0.05, 0) is 5.56 Å². The van der Waals surface area contributed by atoms with Crippen LogP contribution in [0.2, 0.25) is 0 Å². The molecule has 0 N–H and O–H groups in total. The Hall–Kier alpha value is -0.900. The third-order valence-corrected chi connectivity index (χ3v) is 3.21. The Labute approximate surface area is 88.9 Å². The minimum atomic E-state index is -0.584. The Bertz CT molecular complexity index is 388. The molecule has 0 spiro atoms. The minimum absolute atomic E-state index is 0.274. The molecule has 0 saturated carbocycles. The first-order chi connectivity index (χ1) is 7.21. The van der Waals surface area contributed by atoms with Gasteiger partial charge in [0.25, 0.3) is 0 Å². The van der Waals surface area contributed by atoms with Crippen LogP contribution in [0.3, 0.4) is 0 Å². The van der Waals surface area contributed by atoms with E-state index in [4.69, 9.17) is 14.5 Å². The third kappa shape index (κ3) is 1.24. The zero-order valence-corrected chi connectivity index (χ0v) is 8.90. The van der Waals surface area contributed by atoms with E-state index >= 15 is 0 Å². The Morgan fingerprint density at radius 1 is 1.33 bits per heavy atom. The van der Waals surface area contributed by atoms with E-state index in [0.717, 1.165) is 12.0 Å². The van der Waals surface area contributed by atoms with E-state index in [9.17, 15) is 0 Å². The van der Waals surface area contributed by atoms with Gasteiger partial charge in [-0.15, -0.1) is 0 Å². The topological polar surface area (TPSA) is 27.7 Å². The number of rotatable bonds is 1. The summed E-state index contributed by atoms with van der Waals surface area (Å²) in [5.41, 5.74) is 2.35. The van der Waals surface area contributed by atoms with Crippen LogP contribution >= 0.6 is 0 Å². The fourth-order valence-corrected chi connectivity index (χ4v) is 2.16. The molecule has 2 bridgehead atoms.